The van der Waals surface area contributed by atoms with Gasteiger partial charge in [-0.3, -0.25) is 9.69 Å². The Balaban J connectivity index is 0.00000484. The third-order valence-corrected chi connectivity index (χ3v) is 3.94. The Bertz CT molecular complexity index is 369. The number of nitrogens with one attached hydrogen (secondary N) is 2. The van der Waals surface area contributed by atoms with Crippen molar-refractivity contribution in [3.05, 3.63) is 0 Å². The summed E-state index contributed by atoms with van der Waals surface area (Å²) in [6.45, 7) is 10.5. The van der Waals surface area contributed by atoms with E-state index in [1.807, 2.05) is 6.92 Å². The molecule has 7 nitrogen and oxygen atoms in total. The van der Waals surface area contributed by atoms with Crippen LogP contribution in [0, 0.1) is 0 Å². The molecule has 1 atom stereocenters. The second-order valence-electron chi connectivity index (χ2n) is 6.05. The van der Waals surface area contributed by atoms with Gasteiger partial charge in [0.1, 0.15) is 6.54 Å². The van der Waals surface area contributed by atoms with Gasteiger partial charge in [0.05, 0.1) is 0 Å². The van der Waals surface area contributed by atoms with Gasteiger partial charge in [0.25, 0.3) is 0 Å². The van der Waals surface area contributed by atoms with Crippen LogP contribution in [0.3, 0.4) is 0 Å². The van der Waals surface area contributed by atoms with Crippen molar-refractivity contribution in [1.82, 2.24) is 25.3 Å². The Hall–Kier alpha value is -0.610. The first kappa shape index (κ1) is 22.4. The zero-order valence-electron chi connectivity index (χ0n) is 15.1. The number of carbonyl (C=O) groups is 1. The van der Waals surface area contributed by atoms with Crippen LogP contribution in [0.4, 0.5) is 0 Å². The standard InChI is InChI=1S/C15H32N6O.HI/c1-6-16-15(18-12-14(22)19(3)4)17-11-13(2)21-9-7-20(5)8-10-21;/h13H,6-12H2,1-5H3,(H2,16,17,18);1H. The molecule has 1 aliphatic rings. The molecule has 1 fully saturated rings. The smallest absolute Gasteiger partial charge is 0.243 e. The molecule has 0 bridgehead atoms. The summed E-state index contributed by atoms with van der Waals surface area (Å²) >= 11 is 0. The Morgan fingerprint density at radius 2 is 1.83 bits per heavy atom. The molecule has 8 heteroatoms. The molecule has 0 radical (unpaired) electrons. The van der Waals surface area contributed by atoms with E-state index >= 15 is 0 Å². The number of hydrogen-bond acceptors (Lipinski definition) is 4. The minimum atomic E-state index is 0. The van der Waals surface area contributed by atoms with E-state index in [0.717, 1.165) is 39.3 Å². The number of guanidine groups is 1. The first-order chi connectivity index (χ1) is 10.4. The fourth-order valence-electron chi connectivity index (χ4n) is 2.27. The average molecular weight is 440 g/mol. The van der Waals surface area contributed by atoms with Crippen LogP contribution in [0.2, 0.25) is 0 Å². The summed E-state index contributed by atoms with van der Waals surface area (Å²) in [5.74, 6) is 0.711. The molecular formula is C15H33IN6O. The summed E-state index contributed by atoms with van der Waals surface area (Å²) < 4.78 is 0. The first-order valence-corrected chi connectivity index (χ1v) is 8.09. The molecule has 1 aliphatic heterocycles. The zero-order valence-corrected chi connectivity index (χ0v) is 17.5. The van der Waals surface area contributed by atoms with E-state index in [4.69, 9.17) is 0 Å². The van der Waals surface area contributed by atoms with Crippen molar-refractivity contribution in [2.45, 2.75) is 19.9 Å². The number of rotatable bonds is 6. The van der Waals surface area contributed by atoms with Crippen LogP contribution in [-0.4, -0.2) is 99.6 Å². The van der Waals surface area contributed by atoms with Crippen LogP contribution in [0.15, 0.2) is 4.99 Å². The summed E-state index contributed by atoms with van der Waals surface area (Å²) in [5, 5.41) is 6.52. The predicted octanol–water partition coefficient (Wildman–Crippen LogP) is -0.116. The van der Waals surface area contributed by atoms with Crippen molar-refractivity contribution in [3.8, 4) is 0 Å². The van der Waals surface area contributed by atoms with Gasteiger partial charge < -0.3 is 20.4 Å². The van der Waals surface area contributed by atoms with Crippen molar-refractivity contribution in [3.63, 3.8) is 0 Å². The largest absolute Gasteiger partial charge is 0.357 e. The number of likely N-dealkylation sites (N-methyl/N-ethyl adjacent to an activating group) is 2. The monoisotopic (exact) mass is 440 g/mol. The molecule has 0 aromatic heterocycles. The van der Waals surface area contributed by atoms with Gasteiger partial charge in [-0.1, -0.05) is 0 Å². The van der Waals surface area contributed by atoms with Gasteiger partial charge in [-0.15, -0.1) is 24.0 Å². The number of aliphatic imine (C=N–C) groups is 1. The molecular weight excluding hydrogens is 407 g/mol. The molecule has 0 aromatic rings. The van der Waals surface area contributed by atoms with Gasteiger partial charge in [0.2, 0.25) is 5.91 Å². The summed E-state index contributed by atoms with van der Waals surface area (Å²) in [5.41, 5.74) is 0. The third kappa shape index (κ3) is 8.71. The highest BCUT2D eigenvalue weighted by Crippen LogP contribution is 2.03. The van der Waals surface area contributed by atoms with Crippen LogP contribution in [0.25, 0.3) is 0 Å². The van der Waals surface area contributed by atoms with E-state index in [1.165, 1.54) is 0 Å². The van der Waals surface area contributed by atoms with Crippen LogP contribution >= 0.6 is 24.0 Å². The molecule has 1 saturated heterocycles. The highest BCUT2D eigenvalue weighted by molar-refractivity contribution is 14.0. The lowest BCUT2D eigenvalue weighted by Gasteiger charge is -2.36. The number of amides is 1. The van der Waals surface area contributed by atoms with Gasteiger partial charge in [-0.05, 0) is 20.9 Å². The van der Waals surface area contributed by atoms with Gasteiger partial charge >= 0.3 is 0 Å². The van der Waals surface area contributed by atoms with Crippen LogP contribution in [0.1, 0.15) is 13.8 Å². The Morgan fingerprint density at radius 1 is 1.22 bits per heavy atom. The fourth-order valence-corrected chi connectivity index (χ4v) is 2.27. The maximum Gasteiger partial charge on any atom is 0.243 e. The van der Waals surface area contributed by atoms with Crippen LogP contribution < -0.4 is 10.6 Å². The number of carbonyl (C=O) groups excluding carboxylic acids is 1. The number of nitrogens with zero attached hydrogens (tertiary/aromatic N) is 4. The highest BCUT2D eigenvalue weighted by atomic mass is 127. The van der Waals surface area contributed by atoms with Crippen LogP contribution in [-0.2, 0) is 4.79 Å². The van der Waals surface area contributed by atoms with E-state index in [2.05, 4.69) is 39.4 Å². The van der Waals surface area contributed by atoms with E-state index in [1.54, 1.807) is 19.0 Å². The molecule has 1 rings (SSSR count). The lowest BCUT2D eigenvalue weighted by Crippen LogP contribution is -2.52. The quantitative estimate of drug-likeness (QED) is 0.343. The van der Waals surface area contributed by atoms with Gasteiger partial charge in [0.15, 0.2) is 5.96 Å². The minimum absolute atomic E-state index is 0. The van der Waals surface area contributed by atoms with Crippen molar-refractivity contribution < 1.29 is 4.79 Å². The SMILES string of the molecule is CCNC(=NCC(=O)N(C)C)NCC(C)N1CCN(C)CC1.I. The molecule has 0 aromatic carbocycles. The lowest BCUT2D eigenvalue weighted by molar-refractivity contribution is -0.127. The number of hydrogen-bond donors (Lipinski definition) is 2. The Kier molecular flexibility index (Phi) is 11.5. The average Bonchev–Trinajstić information content (AvgIpc) is 2.49. The van der Waals surface area contributed by atoms with Crippen molar-refractivity contribution in [2.24, 2.45) is 4.99 Å². The van der Waals surface area contributed by atoms with E-state index < -0.39 is 0 Å². The second-order valence-corrected chi connectivity index (χ2v) is 6.05. The maximum absolute atomic E-state index is 11.6. The highest BCUT2D eigenvalue weighted by Gasteiger charge is 2.19. The fraction of sp³-hybridized carbons (Fsp3) is 0.867. The Morgan fingerprint density at radius 3 is 2.35 bits per heavy atom. The van der Waals surface area contributed by atoms with Crippen LogP contribution in [0.5, 0.6) is 0 Å². The van der Waals surface area contributed by atoms with Crippen molar-refractivity contribution in [2.75, 3.05) is 67.0 Å². The summed E-state index contributed by atoms with van der Waals surface area (Å²) in [6.07, 6.45) is 0. The van der Waals surface area contributed by atoms with Gasteiger partial charge in [-0.25, -0.2) is 4.99 Å². The molecule has 136 valence electrons. The third-order valence-electron chi connectivity index (χ3n) is 3.94. The van der Waals surface area contributed by atoms with E-state index in [-0.39, 0.29) is 36.4 Å². The lowest BCUT2D eigenvalue weighted by atomic mass is 10.2. The van der Waals surface area contributed by atoms with Gasteiger partial charge in [0, 0.05) is 59.4 Å². The Labute approximate surface area is 157 Å². The molecule has 0 saturated carbocycles. The summed E-state index contributed by atoms with van der Waals surface area (Å²) in [4.78, 5) is 22.4. The van der Waals surface area contributed by atoms with Gasteiger partial charge in [-0.2, -0.15) is 0 Å². The number of piperazine rings is 1. The normalized spacial score (nSPS) is 18.0. The second kappa shape index (κ2) is 11.9. The predicted molar refractivity (Wildman–Crippen MR) is 107 cm³/mol. The molecule has 1 amide bonds. The molecule has 0 spiro atoms. The minimum Gasteiger partial charge on any atom is -0.357 e. The molecule has 1 heterocycles. The number of halogens is 1. The first-order valence-electron chi connectivity index (χ1n) is 8.09. The molecule has 2 N–H and O–H groups in total. The topological polar surface area (TPSA) is 63.2 Å². The van der Waals surface area contributed by atoms with Crippen molar-refractivity contribution in [1.29, 1.82) is 0 Å². The summed E-state index contributed by atoms with van der Waals surface area (Å²) in [6, 6.07) is 0.446. The van der Waals surface area contributed by atoms with E-state index in [0.29, 0.717) is 12.0 Å². The zero-order chi connectivity index (χ0) is 16.5. The molecule has 23 heavy (non-hydrogen) atoms. The molecule has 0 aliphatic carbocycles. The molecule has 1 unspecified atom stereocenters. The maximum atomic E-state index is 11.6. The van der Waals surface area contributed by atoms with Crippen molar-refractivity contribution >= 4 is 35.8 Å². The van der Waals surface area contributed by atoms with E-state index in [9.17, 15) is 4.79 Å². The summed E-state index contributed by atoms with van der Waals surface area (Å²) in [7, 11) is 5.65.